The Morgan fingerprint density at radius 1 is 1.10 bits per heavy atom. The van der Waals surface area contributed by atoms with Crippen LogP contribution < -0.4 is 0 Å². The zero-order valence-corrected chi connectivity index (χ0v) is 12.4. The summed E-state index contributed by atoms with van der Waals surface area (Å²) in [6, 6.07) is 8.74. The molecule has 0 saturated carbocycles. The minimum atomic E-state index is -3.16. The zero-order valence-electron chi connectivity index (χ0n) is 11.6. The van der Waals surface area contributed by atoms with Crippen molar-refractivity contribution in [2.24, 2.45) is 0 Å². The van der Waals surface area contributed by atoms with Crippen molar-refractivity contribution in [3.05, 3.63) is 30.3 Å². The number of likely N-dealkylation sites (tertiary alicyclic amines) is 1. The lowest BCUT2D eigenvalue weighted by atomic mass is 9.78. The van der Waals surface area contributed by atoms with Crippen molar-refractivity contribution in [2.45, 2.75) is 29.7 Å². The molecule has 1 aromatic carbocycles. The van der Waals surface area contributed by atoms with Gasteiger partial charge in [0.1, 0.15) is 0 Å². The minimum Gasteiger partial charge on any atom is -0.381 e. The molecule has 0 unspecified atom stereocenters. The molecule has 0 atom stereocenters. The molecule has 3 rings (SSSR count). The Kier molecular flexibility index (Phi) is 3.84. The van der Waals surface area contributed by atoms with Gasteiger partial charge in [0.05, 0.1) is 10.6 Å². The topological polar surface area (TPSA) is 46.6 Å². The highest BCUT2D eigenvalue weighted by molar-refractivity contribution is 7.91. The van der Waals surface area contributed by atoms with E-state index >= 15 is 0 Å². The Morgan fingerprint density at radius 2 is 1.80 bits per heavy atom. The number of ether oxygens (including phenoxy) is 1. The molecule has 110 valence electrons. The fraction of sp³-hybridized carbons (Fsp3) is 0.600. The number of rotatable bonds is 4. The average Bonchev–Trinajstić information content (AvgIpc) is 2.48. The SMILES string of the molecule is O=S(=O)(CCN1CCC12CCOCC2)c1ccccc1. The monoisotopic (exact) mass is 295 g/mol. The highest BCUT2D eigenvalue weighted by Gasteiger charge is 2.45. The molecule has 0 aliphatic carbocycles. The van der Waals surface area contributed by atoms with Gasteiger partial charge in [-0.3, -0.25) is 4.90 Å². The third-order valence-electron chi connectivity index (χ3n) is 4.67. The maximum Gasteiger partial charge on any atom is 0.179 e. The smallest absolute Gasteiger partial charge is 0.179 e. The fourth-order valence-electron chi connectivity index (χ4n) is 3.23. The van der Waals surface area contributed by atoms with Crippen LogP contribution in [0.4, 0.5) is 0 Å². The molecule has 5 heteroatoms. The first kappa shape index (κ1) is 14.0. The zero-order chi connectivity index (χ0) is 14.1. The molecule has 2 aliphatic rings. The number of benzene rings is 1. The third-order valence-corrected chi connectivity index (χ3v) is 6.38. The van der Waals surface area contributed by atoms with Gasteiger partial charge in [0, 0.05) is 31.8 Å². The molecule has 4 nitrogen and oxygen atoms in total. The van der Waals surface area contributed by atoms with E-state index in [4.69, 9.17) is 4.74 Å². The molecule has 2 aliphatic heterocycles. The van der Waals surface area contributed by atoms with Gasteiger partial charge in [-0.15, -0.1) is 0 Å². The third kappa shape index (κ3) is 2.62. The largest absolute Gasteiger partial charge is 0.381 e. The summed E-state index contributed by atoms with van der Waals surface area (Å²) in [4.78, 5) is 2.78. The molecule has 0 aromatic heterocycles. The van der Waals surface area contributed by atoms with Crippen molar-refractivity contribution in [1.82, 2.24) is 4.90 Å². The van der Waals surface area contributed by atoms with Gasteiger partial charge >= 0.3 is 0 Å². The van der Waals surface area contributed by atoms with E-state index < -0.39 is 9.84 Å². The van der Waals surface area contributed by atoms with Crippen LogP contribution in [-0.2, 0) is 14.6 Å². The highest BCUT2D eigenvalue weighted by atomic mass is 32.2. The molecule has 2 heterocycles. The van der Waals surface area contributed by atoms with Crippen LogP contribution in [0.15, 0.2) is 35.2 Å². The van der Waals surface area contributed by atoms with Gasteiger partial charge in [0.15, 0.2) is 9.84 Å². The van der Waals surface area contributed by atoms with Crippen molar-refractivity contribution in [1.29, 1.82) is 0 Å². The second kappa shape index (κ2) is 5.47. The highest BCUT2D eigenvalue weighted by Crippen LogP contribution is 2.39. The first-order chi connectivity index (χ1) is 9.62. The van der Waals surface area contributed by atoms with Gasteiger partial charge in [-0.25, -0.2) is 8.42 Å². The molecule has 2 fully saturated rings. The van der Waals surface area contributed by atoms with Gasteiger partial charge in [-0.2, -0.15) is 0 Å². The Balaban J connectivity index is 1.62. The van der Waals surface area contributed by atoms with E-state index in [0.717, 1.165) is 32.6 Å². The number of hydrogen-bond donors (Lipinski definition) is 0. The normalized spacial score (nSPS) is 22.6. The van der Waals surface area contributed by atoms with Crippen LogP contribution in [0.5, 0.6) is 0 Å². The first-order valence-corrected chi connectivity index (χ1v) is 8.88. The van der Waals surface area contributed by atoms with Gasteiger partial charge in [-0.1, -0.05) is 18.2 Å². The predicted molar refractivity (Wildman–Crippen MR) is 77.5 cm³/mol. The Morgan fingerprint density at radius 3 is 2.40 bits per heavy atom. The van der Waals surface area contributed by atoms with Gasteiger partial charge in [0.2, 0.25) is 0 Å². The van der Waals surface area contributed by atoms with Crippen LogP contribution in [-0.4, -0.2) is 50.9 Å². The second-order valence-corrected chi connectivity index (χ2v) is 7.81. The maximum absolute atomic E-state index is 12.3. The summed E-state index contributed by atoms with van der Waals surface area (Å²) < 4.78 is 30.0. The molecular formula is C15H21NO3S. The summed E-state index contributed by atoms with van der Waals surface area (Å²) in [5, 5.41) is 0. The van der Waals surface area contributed by atoms with Crippen LogP contribution in [0.25, 0.3) is 0 Å². The van der Waals surface area contributed by atoms with E-state index in [1.807, 2.05) is 6.07 Å². The van der Waals surface area contributed by atoms with Crippen LogP contribution in [0, 0.1) is 0 Å². The van der Waals surface area contributed by atoms with Gasteiger partial charge in [-0.05, 0) is 31.4 Å². The van der Waals surface area contributed by atoms with Crippen molar-refractivity contribution in [3.63, 3.8) is 0 Å². The minimum absolute atomic E-state index is 0.208. The molecule has 0 amide bonds. The van der Waals surface area contributed by atoms with Crippen LogP contribution in [0.1, 0.15) is 19.3 Å². The summed E-state index contributed by atoms with van der Waals surface area (Å²) in [5.41, 5.74) is 0.227. The molecule has 20 heavy (non-hydrogen) atoms. The molecule has 0 bridgehead atoms. The average molecular weight is 295 g/mol. The number of hydrogen-bond acceptors (Lipinski definition) is 4. The lowest BCUT2D eigenvalue weighted by Crippen LogP contribution is -2.62. The molecule has 1 aromatic rings. The molecule has 0 N–H and O–H groups in total. The first-order valence-electron chi connectivity index (χ1n) is 7.23. The fourth-order valence-corrected chi connectivity index (χ4v) is 4.50. The van der Waals surface area contributed by atoms with Crippen LogP contribution >= 0.6 is 0 Å². The maximum atomic E-state index is 12.3. The van der Waals surface area contributed by atoms with Crippen molar-refractivity contribution in [3.8, 4) is 0 Å². The quantitative estimate of drug-likeness (QED) is 0.848. The van der Waals surface area contributed by atoms with Crippen molar-refractivity contribution in [2.75, 3.05) is 32.1 Å². The van der Waals surface area contributed by atoms with Crippen LogP contribution in [0.3, 0.4) is 0 Å². The summed E-state index contributed by atoms with van der Waals surface area (Å²) in [6.07, 6.45) is 3.26. The van der Waals surface area contributed by atoms with Crippen LogP contribution in [0.2, 0.25) is 0 Å². The Bertz CT molecular complexity index is 550. The molecular weight excluding hydrogens is 274 g/mol. The lowest BCUT2D eigenvalue weighted by Gasteiger charge is -2.55. The van der Waals surface area contributed by atoms with Crippen molar-refractivity contribution >= 4 is 9.84 Å². The van der Waals surface area contributed by atoms with E-state index in [-0.39, 0.29) is 11.3 Å². The summed E-state index contributed by atoms with van der Waals surface area (Å²) >= 11 is 0. The second-order valence-electron chi connectivity index (χ2n) is 5.71. The molecule has 0 radical (unpaired) electrons. The Hall–Kier alpha value is -0.910. The van der Waals surface area contributed by atoms with E-state index in [1.165, 1.54) is 6.42 Å². The van der Waals surface area contributed by atoms with Gasteiger partial charge in [0.25, 0.3) is 0 Å². The summed E-state index contributed by atoms with van der Waals surface area (Å²) in [5.74, 6) is 0.208. The van der Waals surface area contributed by atoms with E-state index in [1.54, 1.807) is 24.3 Å². The molecule has 2 saturated heterocycles. The van der Waals surface area contributed by atoms with E-state index in [2.05, 4.69) is 4.90 Å². The number of sulfone groups is 1. The summed E-state index contributed by atoms with van der Waals surface area (Å²) in [7, 11) is -3.16. The molecule has 1 spiro atoms. The summed E-state index contributed by atoms with van der Waals surface area (Å²) in [6.45, 7) is 3.27. The lowest BCUT2D eigenvalue weighted by molar-refractivity contribution is -0.0862. The van der Waals surface area contributed by atoms with E-state index in [9.17, 15) is 8.42 Å². The standard InChI is InChI=1S/C15H21NO3S/c17-20(18,14-4-2-1-3-5-14)13-10-16-9-6-15(16)7-11-19-12-8-15/h1-5H,6-13H2. The van der Waals surface area contributed by atoms with E-state index in [0.29, 0.717) is 11.4 Å². The number of nitrogens with zero attached hydrogens (tertiary/aromatic N) is 1. The Labute approximate surface area is 120 Å². The van der Waals surface area contributed by atoms with Crippen molar-refractivity contribution < 1.29 is 13.2 Å². The predicted octanol–water partition coefficient (Wildman–Crippen LogP) is 1.72. The van der Waals surface area contributed by atoms with Gasteiger partial charge < -0.3 is 4.74 Å².